The summed E-state index contributed by atoms with van der Waals surface area (Å²) in [5, 5.41) is 11.9. The first-order valence-electron chi connectivity index (χ1n) is 3.44. The molecule has 2 N–H and O–H groups in total. The lowest BCUT2D eigenvalue weighted by Crippen LogP contribution is -1.81. The highest BCUT2D eigenvalue weighted by atomic mass is 35.5. The summed E-state index contributed by atoms with van der Waals surface area (Å²) in [5.41, 5.74) is 6.21. The molecule has 0 unspecified atom stereocenters. The fraction of sp³-hybridized carbons (Fsp3) is 0.200. The topological polar surface area (TPSA) is 77.6 Å². The van der Waals surface area contributed by atoms with Crippen LogP contribution in [0.4, 0.5) is 5.13 Å². The summed E-state index contributed by atoms with van der Waals surface area (Å²) >= 11 is 9.86. The van der Waals surface area contributed by atoms with Crippen LogP contribution in [-0.4, -0.2) is 19.8 Å². The quantitative estimate of drug-likeness (QED) is 0.855. The van der Waals surface area contributed by atoms with Crippen LogP contribution in [0.3, 0.4) is 0 Å². The average Bonchev–Trinajstić information content (AvgIpc) is 2.72. The molecule has 2 rings (SSSR count). The molecule has 9 heteroatoms. The number of hydrogen-bond donors (Lipinski definition) is 1. The van der Waals surface area contributed by atoms with Gasteiger partial charge in [-0.2, -0.15) is 0 Å². The van der Waals surface area contributed by atoms with Crippen molar-refractivity contribution in [3.63, 3.8) is 0 Å². The number of rotatable bonds is 3. The zero-order valence-corrected chi connectivity index (χ0v) is 9.88. The van der Waals surface area contributed by atoms with E-state index in [1.807, 2.05) is 0 Å². The van der Waals surface area contributed by atoms with E-state index < -0.39 is 0 Å². The lowest BCUT2D eigenvalue weighted by atomic mass is 10.6. The molecule has 14 heavy (non-hydrogen) atoms. The number of aromatic nitrogens is 4. The van der Waals surface area contributed by atoms with Crippen molar-refractivity contribution in [3.05, 3.63) is 10.0 Å². The van der Waals surface area contributed by atoms with E-state index in [0.717, 1.165) is 10.0 Å². The maximum atomic E-state index is 5.83. The molecule has 74 valence electrons. The van der Waals surface area contributed by atoms with Crippen LogP contribution in [0.15, 0.2) is 4.34 Å². The molecular weight excluding hydrogens is 262 g/mol. The summed E-state index contributed by atoms with van der Waals surface area (Å²) in [6, 6.07) is 0. The minimum Gasteiger partial charge on any atom is -0.374 e. The second kappa shape index (κ2) is 4.39. The molecule has 2 aromatic rings. The lowest BCUT2D eigenvalue weighted by Gasteiger charge is -1.91. The van der Waals surface area contributed by atoms with Crippen LogP contribution < -0.4 is 5.73 Å². The van der Waals surface area contributed by atoms with Gasteiger partial charge in [-0.05, 0) is 0 Å². The molecule has 0 aliphatic carbocycles. The maximum absolute atomic E-state index is 5.83. The molecule has 0 amide bonds. The summed E-state index contributed by atoms with van der Waals surface area (Å²) in [7, 11) is 0. The molecule has 2 aromatic heterocycles. The Hall–Kier alpha value is -0.440. The number of thioether (sulfide) groups is 1. The maximum Gasteiger partial charge on any atom is 0.203 e. The predicted octanol–water partition coefficient (Wildman–Crippen LogP) is 1.92. The third kappa shape index (κ3) is 2.32. The number of nitrogens with two attached hydrogens (primary N) is 1. The third-order valence-corrected chi connectivity index (χ3v) is 4.15. The summed E-state index contributed by atoms with van der Waals surface area (Å²) in [6.07, 6.45) is 0. The fourth-order valence-electron chi connectivity index (χ4n) is 0.692. The van der Waals surface area contributed by atoms with E-state index in [0.29, 0.717) is 15.2 Å². The molecule has 0 aliphatic heterocycles. The zero-order valence-electron chi connectivity index (χ0n) is 6.68. The molecule has 0 saturated carbocycles. The van der Waals surface area contributed by atoms with Crippen LogP contribution in [-0.2, 0) is 5.75 Å². The molecule has 0 aliphatic rings. The Morgan fingerprint density at radius 2 is 2.21 bits per heavy atom. The van der Waals surface area contributed by atoms with Gasteiger partial charge in [-0.15, -0.1) is 15.3 Å². The summed E-state index contributed by atoms with van der Waals surface area (Å²) in [6.45, 7) is 0. The molecule has 0 fully saturated rings. The van der Waals surface area contributed by atoms with Crippen molar-refractivity contribution in [1.29, 1.82) is 0 Å². The first-order chi connectivity index (χ1) is 6.75. The van der Waals surface area contributed by atoms with Crippen molar-refractivity contribution >= 4 is 51.4 Å². The molecule has 0 saturated heterocycles. The van der Waals surface area contributed by atoms with Crippen molar-refractivity contribution in [2.45, 2.75) is 10.1 Å². The number of hydrogen-bond acceptors (Lipinski definition) is 8. The standard InChI is InChI=1S/C5H4ClN5S3/c6-3-2(8-11-14-3)1-12-5-10-9-4(7)13-5/h1H2,(H2,7,9). The average molecular weight is 266 g/mol. The van der Waals surface area contributed by atoms with Gasteiger partial charge in [-0.3, -0.25) is 0 Å². The first-order valence-corrected chi connectivity index (χ1v) is 6.39. The Morgan fingerprint density at radius 3 is 2.79 bits per heavy atom. The Labute approximate surface area is 96.9 Å². The van der Waals surface area contributed by atoms with E-state index in [9.17, 15) is 0 Å². The summed E-state index contributed by atoms with van der Waals surface area (Å²) < 4.78 is 5.16. The van der Waals surface area contributed by atoms with Gasteiger partial charge in [-0.25, -0.2) is 0 Å². The first kappa shape index (κ1) is 10.1. The highest BCUT2D eigenvalue weighted by Crippen LogP contribution is 2.29. The molecule has 2 heterocycles. The minimum atomic E-state index is 0.468. The highest BCUT2D eigenvalue weighted by Gasteiger charge is 2.08. The molecule has 0 radical (unpaired) electrons. The van der Waals surface area contributed by atoms with Crippen molar-refractivity contribution in [3.8, 4) is 0 Å². The molecule has 0 aromatic carbocycles. The van der Waals surface area contributed by atoms with Gasteiger partial charge in [0, 0.05) is 17.3 Å². The van der Waals surface area contributed by atoms with E-state index >= 15 is 0 Å². The van der Waals surface area contributed by atoms with Gasteiger partial charge in [0.15, 0.2) is 4.34 Å². The van der Waals surface area contributed by atoms with Crippen molar-refractivity contribution in [1.82, 2.24) is 19.8 Å². The van der Waals surface area contributed by atoms with E-state index in [2.05, 4.69) is 19.8 Å². The van der Waals surface area contributed by atoms with Gasteiger partial charge in [0.25, 0.3) is 0 Å². The minimum absolute atomic E-state index is 0.468. The summed E-state index contributed by atoms with van der Waals surface area (Å²) in [5.74, 6) is 0.643. The number of halogens is 1. The molecule has 5 nitrogen and oxygen atoms in total. The Morgan fingerprint density at radius 1 is 1.36 bits per heavy atom. The van der Waals surface area contributed by atoms with Crippen molar-refractivity contribution < 1.29 is 0 Å². The van der Waals surface area contributed by atoms with Crippen LogP contribution >= 0.6 is 46.2 Å². The number of nitrogen functional groups attached to an aromatic ring is 1. The normalized spacial score (nSPS) is 10.6. The Bertz CT molecular complexity index is 426. The van der Waals surface area contributed by atoms with Gasteiger partial charge < -0.3 is 5.73 Å². The van der Waals surface area contributed by atoms with Crippen LogP contribution in [0, 0.1) is 0 Å². The fourth-order valence-corrected chi connectivity index (χ4v) is 3.06. The van der Waals surface area contributed by atoms with Gasteiger partial charge >= 0.3 is 0 Å². The van der Waals surface area contributed by atoms with E-state index in [4.69, 9.17) is 17.3 Å². The van der Waals surface area contributed by atoms with Gasteiger partial charge in [0.05, 0.1) is 0 Å². The zero-order chi connectivity index (χ0) is 9.97. The lowest BCUT2D eigenvalue weighted by molar-refractivity contribution is 1.01. The second-order valence-electron chi connectivity index (χ2n) is 2.19. The summed E-state index contributed by atoms with van der Waals surface area (Å²) in [4.78, 5) is 0. The molecule has 0 bridgehead atoms. The van der Waals surface area contributed by atoms with Gasteiger partial charge in [0.2, 0.25) is 5.13 Å². The molecular formula is C5H4ClN5S3. The van der Waals surface area contributed by atoms with Gasteiger partial charge in [0.1, 0.15) is 10.0 Å². The second-order valence-corrected chi connectivity index (χ2v) is 5.78. The van der Waals surface area contributed by atoms with E-state index in [1.165, 1.54) is 34.6 Å². The van der Waals surface area contributed by atoms with Crippen molar-refractivity contribution in [2.24, 2.45) is 0 Å². The Kier molecular flexibility index (Phi) is 3.16. The van der Waals surface area contributed by atoms with Crippen LogP contribution in [0.1, 0.15) is 5.69 Å². The van der Waals surface area contributed by atoms with E-state index in [-0.39, 0.29) is 0 Å². The van der Waals surface area contributed by atoms with Crippen LogP contribution in [0.25, 0.3) is 0 Å². The smallest absolute Gasteiger partial charge is 0.203 e. The molecule has 0 spiro atoms. The van der Waals surface area contributed by atoms with Crippen molar-refractivity contribution in [2.75, 3.05) is 5.73 Å². The monoisotopic (exact) mass is 265 g/mol. The van der Waals surface area contributed by atoms with Crippen LogP contribution in [0.5, 0.6) is 0 Å². The Balaban J connectivity index is 1.98. The number of anilines is 1. The SMILES string of the molecule is Nc1nnc(SCc2nnsc2Cl)s1. The molecule has 0 atom stereocenters. The third-order valence-electron chi connectivity index (χ3n) is 1.26. The predicted molar refractivity (Wildman–Crippen MR) is 58.8 cm³/mol. The van der Waals surface area contributed by atoms with Gasteiger partial charge in [-0.1, -0.05) is 39.2 Å². The van der Waals surface area contributed by atoms with E-state index in [1.54, 1.807) is 0 Å². The largest absolute Gasteiger partial charge is 0.374 e. The number of nitrogens with zero attached hydrogens (tertiary/aromatic N) is 4. The highest BCUT2D eigenvalue weighted by molar-refractivity contribution is 8.00. The van der Waals surface area contributed by atoms with Crippen LogP contribution in [0.2, 0.25) is 4.34 Å².